The highest BCUT2D eigenvalue weighted by molar-refractivity contribution is 6.30. The minimum Gasteiger partial charge on any atom is -0.268 e. The second-order valence-corrected chi connectivity index (χ2v) is 3.86. The van der Waals surface area contributed by atoms with Gasteiger partial charge in [0.1, 0.15) is 0 Å². The zero-order valence-electron chi connectivity index (χ0n) is 8.88. The van der Waals surface area contributed by atoms with Crippen LogP contribution in [-0.4, -0.2) is 9.78 Å². The fourth-order valence-electron chi connectivity index (χ4n) is 1.54. The summed E-state index contributed by atoms with van der Waals surface area (Å²) in [6, 6.07) is 6.27. The van der Waals surface area contributed by atoms with E-state index in [1.165, 1.54) is 10.7 Å². The molecule has 1 N–H and O–H groups in total. The second kappa shape index (κ2) is 4.37. The molecule has 6 nitrogen and oxygen atoms in total. The zero-order valence-corrected chi connectivity index (χ0v) is 9.64. The highest BCUT2D eigenvalue weighted by atomic mass is 35.5. The lowest BCUT2D eigenvalue weighted by atomic mass is 10.2. The van der Waals surface area contributed by atoms with Gasteiger partial charge in [-0.2, -0.15) is 0 Å². The molecule has 0 fully saturated rings. The number of azide groups is 1. The molecule has 0 aliphatic carbocycles. The first-order valence-corrected chi connectivity index (χ1v) is 5.13. The quantitative estimate of drug-likeness (QED) is 0.495. The lowest BCUT2D eigenvalue weighted by Crippen LogP contribution is -2.04. The van der Waals surface area contributed by atoms with E-state index in [1.807, 2.05) is 0 Å². The van der Waals surface area contributed by atoms with Crippen LogP contribution in [0.1, 0.15) is 5.69 Å². The van der Waals surface area contributed by atoms with Crippen LogP contribution < -0.4 is 5.56 Å². The van der Waals surface area contributed by atoms with Gasteiger partial charge in [0.2, 0.25) is 0 Å². The summed E-state index contributed by atoms with van der Waals surface area (Å²) in [5, 5.41) is 6.65. The predicted molar refractivity (Wildman–Crippen MR) is 64.9 cm³/mol. The summed E-state index contributed by atoms with van der Waals surface area (Å²) >= 11 is 5.89. The maximum atomic E-state index is 11.2. The number of aryl methyl sites for hydroxylation is 1. The largest absolute Gasteiger partial charge is 0.268 e. The summed E-state index contributed by atoms with van der Waals surface area (Å²) in [6.45, 7) is 1.76. The van der Waals surface area contributed by atoms with Crippen molar-refractivity contribution in [2.45, 2.75) is 6.92 Å². The van der Waals surface area contributed by atoms with E-state index in [-0.39, 0.29) is 5.56 Å². The molecule has 0 unspecified atom stereocenters. The van der Waals surface area contributed by atoms with Gasteiger partial charge in [-0.3, -0.25) is 14.6 Å². The summed E-state index contributed by atoms with van der Waals surface area (Å²) in [6.07, 6.45) is 0. The van der Waals surface area contributed by atoms with Gasteiger partial charge in [-0.15, -0.1) is 0 Å². The van der Waals surface area contributed by atoms with Crippen molar-refractivity contribution in [2.75, 3.05) is 0 Å². The second-order valence-electron chi connectivity index (χ2n) is 3.42. The highest BCUT2D eigenvalue weighted by Crippen LogP contribution is 2.27. The Balaban J connectivity index is 2.72. The molecule has 1 heterocycles. The van der Waals surface area contributed by atoms with E-state index >= 15 is 0 Å². The molecule has 2 aromatic rings. The van der Waals surface area contributed by atoms with E-state index < -0.39 is 0 Å². The normalized spacial score (nSPS) is 10.0. The molecule has 86 valence electrons. The maximum absolute atomic E-state index is 11.2. The van der Waals surface area contributed by atoms with Crippen molar-refractivity contribution in [3.05, 3.63) is 55.8 Å². The van der Waals surface area contributed by atoms with Crippen LogP contribution in [0.15, 0.2) is 34.2 Å². The monoisotopic (exact) mass is 249 g/mol. The van der Waals surface area contributed by atoms with E-state index in [1.54, 1.807) is 25.1 Å². The lowest BCUT2D eigenvalue weighted by molar-refractivity contribution is 0.834. The molecular formula is C10H8ClN5O. The summed E-state index contributed by atoms with van der Waals surface area (Å²) in [4.78, 5) is 14.0. The van der Waals surface area contributed by atoms with Gasteiger partial charge in [0.15, 0.2) is 0 Å². The highest BCUT2D eigenvalue weighted by Gasteiger charge is 2.07. The first-order valence-electron chi connectivity index (χ1n) is 4.75. The van der Waals surface area contributed by atoms with Crippen LogP contribution in [-0.2, 0) is 0 Å². The van der Waals surface area contributed by atoms with Gasteiger partial charge >= 0.3 is 0 Å². The average Bonchev–Trinajstić information content (AvgIpc) is 2.61. The minimum atomic E-state index is -0.227. The molecule has 0 aliphatic heterocycles. The molecule has 1 aromatic carbocycles. The third-order valence-electron chi connectivity index (χ3n) is 2.25. The number of H-pyrrole nitrogens is 1. The van der Waals surface area contributed by atoms with Crippen LogP contribution in [0.2, 0.25) is 5.02 Å². The van der Waals surface area contributed by atoms with Gasteiger partial charge in [0.25, 0.3) is 5.56 Å². The Labute approximate surface area is 101 Å². The van der Waals surface area contributed by atoms with Crippen molar-refractivity contribution in [1.29, 1.82) is 0 Å². The number of halogens is 1. The number of rotatable bonds is 2. The first kappa shape index (κ1) is 11.3. The number of hydrogen-bond donors (Lipinski definition) is 1. The molecule has 2 rings (SSSR count). The van der Waals surface area contributed by atoms with Gasteiger partial charge in [-0.25, -0.2) is 0 Å². The van der Waals surface area contributed by atoms with Gasteiger partial charge < -0.3 is 0 Å². The Bertz CT molecular complexity index is 666. The number of aromatic amines is 1. The smallest absolute Gasteiger partial charge is 0.264 e. The van der Waals surface area contributed by atoms with Gasteiger partial charge in [-0.05, 0) is 30.7 Å². The predicted octanol–water partition coefficient (Wildman–Crippen LogP) is 3.07. The Kier molecular flexibility index (Phi) is 2.91. The van der Waals surface area contributed by atoms with Gasteiger partial charge in [0, 0.05) is 21.7 Å². The number of benzene rings is 1. The molecule has 17 heavy (non-hydrogen) atoms. The lowest BCUT2D eigenvalue weighted by Gasteiger charge is -2.08. The number of nitrogens with zero attached hydrogens (tertiary/aromatic N) is 4. The molecule has 0 saturated carbocycles. The van der Waals surface area contributed by atoms with E-state index in [2.05, 4.69) is 15.1 Å². The summed E-state index contributed by atoms with van der Waals surface area (Å²) in [5.41, 5.74) is 9.88. The Morgan fingerprint density at radius 2 is 2.24 bits per heavy atom. The van der Waals surface area contributed by atoms with Crippen molar-refractivity contribution in [3.63, 3.8) is 0 Å². The van der Waals surface area contributed by atoms with Crippen LogP contribution >= 0.6 is 11.6 Å². The molecule has 0 atom stereocenters. The number of nitrogens with one attached hydrogen (secondary N) is 1. The van der Waals surface area contributed by atoms with Crippen molar-refractivity contribution < 1.29 is 0 Å². The minimum absolute atomic E-state index is 0.227. The SMILES string of the molecule is Cc1cc(=O)[nH]n1-c1cc(Cl)ccc1N=[N+]=[N-]. The van der Waals surface area contributed by atoms with E-state index in [4.69, 9.17) is 17.1 Å². The zero-order chi connectivity index (χ0) is 12.4. The maximum Gasteiger partial charge on any atom is 0.264 e. The molecule has 0 saturated heterocycles. The van der Waals surface area contributed by atoms with Crippen molar-refractivity contribution in [2.24, 2.45) is 5.11 Å². The van der Waals surface area contributed by atoms with Crippen molar-refractivity contribution in [1.82, 2.24) is 9.78 Å². The van der Waals surface area contributed by atoms with Crippen LogP contribution in [0.3, 0.4) is 0 Å². The topological polar surface area (TPSA) is 86.5 Å². The van der Waals surface area contributed by atoms with Crippen molar-refractivity contribution in [3.8, 4) is 5.69 Å². The van der Waals surface area contributed by atoms with Crippen LogP contribution in [0.5, 0.6) is 0 Å². The molecule has 7 heteroatoms. The van der Waals surface area contributed by atoms with Crippen LogP contribution in [0.4, 0.5) is 5.69 Å². The van der Waals surface area contributed by atoms with Crippen LogP contribution in [0.25, 0.3) is 16.1 Å². The van der Waals surface area contributed by atoms with E-state index in [0.29, 0.717) is 22.1 Å². The average molecular weight is 250 g/mol. The summed E-state index contributed by atoms with van der Waals surface area (Å²) in [5.74, 6) is 0. The third kappa shape index (κ3) is 2.18. The van der Waals surface area contributed by atoms with Gasteiger partial charge in [-0.1, -0.05) is 16.7 Å². The van der Waals surface area contributed by atoms with Gasteiger partial charge in [0.05, 0.1) is 11.4 Å². The summed E-state index contributed by atoms with van der Waals surface area (Å²) < 4.78 is 1.53. The molecule has 0 spiro atoms. The number of hydrogen-bond acceptors (Lipinski definition) is 2. The summed E-state index contributed by atoms with van der Waals surface area (Å²) in [7, 11) is 0. The molecular weight excluding hydrogens is 242 g/mol. The molecule has 0 aliphatic rings. The Morgan fingerprint density at radius 1 is 1.47 bits per heavy atom. The molecule has 1 aromatic heterocycles. The fraction of sp³-hybridized carbons (Fsp3) is 0.100. The molecule has 0 radical (unpaired) electrons. The Hall–Kier alpha value is -2.17. The molecule has 0 bridgehead atoms. The standard InChI is InChI=1S/C10H8ClN5O/c1-6-4-10(17)14-16(6)9-5-7(11)2-3-8(9)13-15-12/h2-5H,1H3,(H,14,17). The fourth-order valence-corrected chi connectivity index (χ4v) is 1.71. The molecule has 0 amide bonds. The van der Waals surface area contributed by atoms with E-state index in [9.17, 15) is 4.79 Å². The Morgan fingerprint density at radius 3 is 2.82 bits per heavy atom. The first-order chi connectivity index (χ1) is 8.11. The van der Waals surface area contributed by atoms with E-state index in [0.717, 1.165) is 0 Å². The van der Waals surface area contributed by atoms with Crippen molar-refractivity contribution >= 4 is 17.3 Å². The van der Waals surface area contributed by atoms with Crippen LogP contribution in [0, 0.1) is 6.92 Å². The third-order valence-corrected chi connectivity index (χ3v) is 2.48. The number of aromatic nitrogens is 2.